The topological polar surface area (TPSA) is 58.8 Å². The highest BCUT2D eigenvalue weighted by Crippen LogP contribution is 2.27. The Kier molecular flexibility index (Phi) is 3.31. The summed E-state index contributed by atoms with van der Waals surface area (Å²) < 4.78 is 5.25. The van der Waals surface area contributed by atoms with Crippen molar-refractivity contribution in [3.63, 3.8) is 0 Å². The van der Waals surface area contributed by atoms with E-state index < -0.39 is 0 Å². The number of aromatic nitrogens is 2. The van der Waals surface area contributed by atoms with Crippen LogP contribution in [0, 0.1) is 11.3 Å². The summed E-state index contributed by atoms with van der Waals surface area (Å²) in [4.78, 5) is 8.26. The minimum absolute atomic E-state index is 0.285. The Hall–Kier alpha value is -2.41. The summed E-state index contributed by atoms with van der Waals surface area (Å²) in [5.41, 5.74) is 2.60. The van der Waals surface area contributed by atoms with Crippen LogP contribution in [0.4, 0.5) is 0 Å². The van der Waals surface area contributed by atoms with Crippen LogP contribution in [0.15, 0.2) is 36.7 Å². The van der Waals surface area contributed by atoms with E-state index in [-0.39, 0.29) is 6.42 Å². The van der Waals surface area contributed by atoms with Gasteiger partial charge in [-0.25, -0.2) is 4.98 Å². The molecule has 2 aromatic rings. The second kappa shape index (κ2) is 5.08. The van der Waals surface area contributed by atoms with E-state index in [9.17, 15) is 0 Å². The predicted octanol–water partition coefficient (Wildman–Crippen LogP) is 2.22. The van der Waals surface area contributed by atoms with Crippen LogP contribution in [-0.2, 0) is 6.42 Å². The SMILES string of the molecule is COc1nc(CC#N)ccc1-c1ccncc1. The maximum Gasteiger partial charge on any atom is 0.221 e. The third kappa shape index (κ3) is 2.40. The molecule has 0 aliphatic heterocycles. The van der Waals surface area contributed by atoms with E-state index in [1.807, 2.05) is 24.3 Å². The predicted molar refractivity (Wildman–Crippen MR) is 63.3 cm³/mol. The van der Waals surface area contributed by atoms with Gasteiger partial charge in [0.2, 0.25) is 5.88 Å². The second-order valence-corrected chi connectivity index (χ2v) is 3.43. The largest absolute Gasteiger partial charge is 0.481 e. The highest BCUT2D eigenvalue weighted by atomic mass is 16.5. The van der Waals surface area contributed by atoms with E-state index >= 15 is 0 Å². The number of methoxy groups -OCH3 is 1. The van der Waals surface area contributed by atoms with Crippen molar-refractivity contribution in [2.45, 2.75) is 6.42 Å². The molecule has 0 saturated carbocycles. The Morgan fingerprint density at radius 2 is 2.00 bits per heavy atom. The number of nitriles is 1. The molecule has 2 rings (SSSR count). The summed E-state index contributed by atoms with van der Waals surface area (Å²) in [5.74, 6) is 0.531. The number of hydrogen-bond donors (Lipinski definition) is 0. The van der Waals surface area contributed by atoms with Crippen molar-refractivity contribution in [1.82, 2.24) is 9.97 Å². The zero-order valence-electron chi connectivity index (χ0n) is 9.42. The van der Waals surface area contributed by atoms with Crippen LogP contribution < -0.4 is 4.74 Å². The molecule has 0 atom stereocenters. The van der Waals surface area contributed by atoms with Gasteiger partial charge in [-0.2, -0.15) is 5.26 Å². The molecule has 0 fully saturated rings. The van der Waals surface area contributed by atoms with Gasteiger partial charge in [-0.05, 0) is 29.8 Å². The van der Waals surface area contributed by atoms with Gasteiger partial charge in [0.1, 0.15) is 0 Å². The molecule has 0 aliphatic rings. The van der Waals surface area contributed by atoms with Crippen molar-refractivity contribution in [2.75, 3.05) is 7.11 Å². The average Bonchev–Trinajstić information content (AvgIpc) is 2.40. The van der Waals surface area contributed by atoms with Crippen LogP contribution in [0.1, 0.15) is 5.69 Å². The molecule has 0 radical (unpaired) electrons. The van der Waals surface area contributed by atoms with E-state index in [0.29, 0.717) is 11.6 Å². The van der Waals surface area contributed by atoms with Crippen molar-refractivity contribution in [3.8, 4) is 23.1 Å². The fraction of sp³-hybridized carbons (Fsp3) is 0.154. The first-order valence-corrected chi connectivity index (χ1v) is 5.16. The summed E-state index contributed by atoms with van der Waals surface area (Å²) in [6, 6.07) is 9.60. The first-order chi connectivity index (χ1) is 8.35. The molecule has 0 bridgehead atoms. The van der Waals surface area contributed by atoms with E-state index in [1.54, 1.807) is 19.5 Å². The molecule has 0 aliphatic carbocycles. The summed E-state index contributed by atoms with van der Waals surface area (Å²) in [7, 11) is 1.57. The quantitative estimate of drug-likeness (QED) is 0.803. The first-order valence-electron chi connectivity index (χ1n) is 5.16. The molecule has 4 nitrogen and oxygen atoms in total. The van der Waals surface area contributed by atoms with E-state index in [4.69, 9.17) is 10.00 Å². The van der Waals surface area contributed by atoms with Crippen molar-refractivity contribution in [3.05, 3.63) is 42.4 Å². The Morgan fingerprint density at radius 3 is 2.65 bits per heavy atom. The molecule has 17 heavy (non-hydrogen) atoms. The minimum Gasteiger partial charge on any atom is -0.481 e. The standard InChI is InChI=1S/C13H11N3O/c1-17-13-12(10-5-8-15-9-6-10)3-2-11(16-13)4-7-14/h2-3,5-6,8-9H,4H2,1H3. The monoisotopic (exact) mass is 225 g/mol. The minimum atomic E-state index is 0.285. The lowest BCUT2D eigenvalue weighted by Crippen LogP contribution is -1.96. The van der Waals surface area contributed by atoms with Crippen LogP contribution in [0.2, 0.25) is 0 Å². The maximum absolute atomic E-state index is 8.63. The van der Waals surface area contributed by atoms with Gasteiger partial charge in [0, 0.05) is 18.0 Å². The molecule has 84 valence electrons. The van der Waals surface area contributed by atoms with E-state index in [0.717, 1.165) is 11.1 Å². The molecule has 0 spiro atoms. The van der Waals surface area contributed by atoms with Crippen LogP contribution in [0.25, 0.3) is 11.1 Å². The number of rotatable bonds is 3. The first kappa shape index (κ1) is 11.1. The van der Waals surface area contributed by atoms with Crippen LogP contribution in [-0.4, -0.2) is 17.1 Å². The zero-order valence-corrected chi connectivity index (χ0v) is 9.42. The third-order valence-electron chi connectivity index (χ3n) is 2.36. The molecule has 0 aromatic carbocycles. The molecule has 0 saturated heterocycles. The Bertz CT molecular complexity index is 546. The van der Waals surface area contributed by atoms with Gasteiger partial charge in [0.05, 0.1) is 25.3 Å². The lowest BCUT2D eigenvalue weighted by molar-refractivity contribution is 0.398. The summed E-state index contributed by atoms with van der Waals surface area (Å²) in [6.07, 6.45) is 3.73. The van der Waals surface area contributed by atoms with Crippen LogP contribution in [0.5, 0.6) is 5.88 Å². The number of pyridine rings is 2. The lowest BCUT2D eigenvalue weighted by atomic mass is 10.1. The average molecular weight is 225 g/mol. The van der Waals surface area contributed by atoms with Gasteiger partial charge >= 0.3 is 0 Å². The Balaban J connectivity index is 2.45. The van der Waals surface area contributed by atoms with Crippen LogP contribution >= 0.6 is 0 Å². The van der Waals surface area contributed by atoms with Gasteiger partial charge in [0.15, 0.2) is 0 Å². The molecule has 0 N–H and O–H groups in total. The van der Waals surface area contributed by atoms with Gasteiger partial charge in [-0.15, -0.1) is 0 Å². The summed E-state index contributed by atoms with van der Waals surface area (Å²) in [6.45, 7) is 0. The van der Waals surface area contributed by atoms with Gasteiger partial charge in [0.25, 0.3) is 0 Å². The maximum atomic E-state index is 8.63. The zero-order chi connectivity index (χ0) is 12.1. The van der Waals surface area contributed by atoms with E-state index in [2.05, 4.69) is 16.0 Å². The molecular weight excluding hydrogens is 214 g/mol. The van der Waals surface area contributed by atoms with Gasteiger partial charge in [-0.3, -0.25) is 4.98 Å². The normalized spacial score (nSPS) is 9.65. The molecular formula is C13H11N3O. The Labute approximate surface area is 99.5 Å². The van der Waals surface area contributed by atoms with Crippen LogP contribution in [0.3, 0.4) is 0 Å². The van der Waals surface area contributed by atoms with E-state index in [1.165, 1.54) is 0 Å². The van der Waals surface area contributed by atoms with Crippen molar-refractivity contribution < 1.29 is 4.74 Å². The highest BCUT2D eigenvalue weighted by molar-refractivity contribution is 5.68. The summed E-state index contributed by atoms with van der Waals surface area (Å²) >= 11 is 0. The van der Waals surface area contributed by atoms with Gasteiger partial charge in [-0.1, -0.05) is 0 Å². The molecule has 2 aromatic heterocycles. The van der Waals surface area contributed by atoms with Crippen molar-refractivity contribution in [1.29, 1.82) is 5.26 Å². The van der Waals surface area contributed by atoms with Crippen molar-refractivity contribution >= 4 is 0 Å². The number of ether oxygens (including phenoxy) is 1. The lowest BCUT2D eigenvalue weighted by Gasteiger charge is -2.08. The smallest absolute Gasteiger partial charge is 0.221 e. The fourth-order valence-electron chi connectivity index (χ4n) is 1.56. The third-order valence-corrected chi connectivity index (χ3v) is 2.36. The Morgan fingerprint density at radius 1 is 1.24 bits per heavy atom. The highest BCUT2D eigenvalue weighted by Gasteiger charge is 2.08. The molecule has 2 heterocycles. The van der Waals surface area contributed by atoms with Gasteiger partial charge < -0.3 is 4.74 Å². The number of hydrogen-bond acceptors (Lipinski definition) is 4. The fourth-order valence-corrected chi connectivity index (χ4v) is 1.56. The summed E-state index contributed by atoms with van der Waals surface area (Å²) in [5, 5.41) is 8.63. The van der Waals surface area contributed by atoms with Crippen molar-refractivity contribution in [2.24, 2.45) is 0 Å². The number of nitrogens with zero attached hydrogens (tertiary/aromatic N) is 3. The molecule has 0 unspecified atom stereocenters. The molecule has 0 amide bonds. The second-order valence-electron chi connectivity index (χ2n) is 3.43. The molecule has 4 heteroatoms.